The number of aromatic nitrogens is 2. The van der Waals surface area contributed by atoms with Gasteiger partial charge in [0.2, 0.25) is 0 Å². The quantitative estimate of drug-likeness (QED) is 0.800. The van der Waals surface area contributed by atoms with Gasteiger partial charge >= 0.3 is 0 Å². The molecule has 0 amide bonds. The van der Waals surface area contributed by atoms with E-state index in [2.05, 4.69) is 4.98 Å². The molecule has 23 heavy (non-hydrogen) atoms. The van der Waals surface area contributed by atoms with Crippen LogP contribution in [0.5, 0.6) is 0 Å². The summed E-state index contributed by atoms with van der Waals surface area (Å²) in [6.45, 7) is 0.721. The van der Waals surface area contributed by atoms with Crippen LogP contribution in [0.2, 0.25) is 0 Å². The van der Waals surface area contributed by atoms with E-state index in [0.717, 1.165) is 37.8 Å². The number of hydrogen-bond acceptors (Lipinski definition) is 3. The first-order chi connectivity index (χ1) is 11.2. The zero-order valence-corrected chi connectivity index (χ0v) is 14.0. The summed E-state index contributed by atoms with van der Waals surface area (Å²) in [5, 5.41) is 0.713. The molecule has 1 atom stereocenters. The van der Waals surface area contributed by atoms with Crippen molar-refractivity contribution in [2.75, 3.05) is 6.61 Å². The van der Waals surface area contributed by atoms with E-state index < -0.39 is 0 Å². The molecule has 1 saturated carbocycles. The lowest BCUT2D eigenvalue weighted by molar-refractivity contribution is -0.115. The highest BCUT2D eigenvalue weighted by molar-refractivity contribution is 7.71. The minimum absolute atomic E-state index is 0.0298. The molecule has 4 nitrogen and oxygen atoms in total. The second-order valence-electron chi connectivity index (χ2n) is 6.89. The molecule has 1 unspecified atom stereocenters. The minimum atomic E-state index is -0.0337. The van der Waals surface area contributed by atoms with Gasteiger partial charge in [0.25, 0.3) is 5.56 Å². The standard InChI is InChI=1S/C18H22N2O2S/c21-16-14-6-2-3-7-15(14)19-17(23)20(16)13-8-11-22-18(12-13)9-4-1-5-10-18/h2-3,6-7,13H,1,4-5,8-12H2,(H,19,23). The number of nitrogens with zero attached hydrogens (tertiary/aromatic N) is 1. The SMILES string of the molecule is O=c1c2ccccc2[nH]c(=S)n1C1CCOC2(CCCCC2)C1. The Morgan fingerprint density at radius 1 is 1.22 bits per heavy atom. The highest BCUT2D eigenvalue weighted by atomic mass is 32.1. The van der Waals surface area contributed by atoms with E-state index in [1.165, 1.54) is 19.3 Å². The molecule has 1 aliphatic heterocycles. The molecular weight excluding hydrogens is 308 g/mol. The molecule has 2 aromatic rings. The summed E-state index contributed by atoms with van der Waals surface area (Å²) < 4.78 is 8.50. The second-order valence-corrected chi connectivity index (χ2v) is 7.28. The number of hydrogen-bond donors (Lipinski definition) is 1. The molecule has 1 N–H and O–H groups in total. The lowest BCUT2D eigenvalue weighted by Gasteiger charge is -2.43. The van der Waals surface area contributed by atoms with Crippen LogP contribution in [0.3, 0.4) is 0 Å². The zero-order chi connectivity index (χ0) is 15.9. The van der Waals surface area contributed by atoms with Gasteiger partial charge in [0, 0.05) is 12.6 Å². The first kappa shape index (κ1) is 15.1. The molecule has 1 aromatic carbocycles. The number of H-pyrrole nitrogens is 1. The highest BCUT2D eigenvalue weighted by Gasteiger charge is 2.39. The lowest BCUT2D eigenvalue weighted by Crippen LogP contribution is -2.44. The molecule has 2 heterocycles. The van der Waals surface area contributed by atoms with Gasteiger partial charge in [0.05, 0.1) is 16.5 Å². The van der Waals surface area contributed by atoms with Crippen LogP contribution in [0, 0.1) is 4.77 Å². The van der Waals surface area contributed by atoms with Gasteiger partial charge in [-0.05, 0) is 50.0 Å². The second kappa shape index (κ2) is 5.87. The third-order valence-corrected chi connectivity index (χ3v) is 5.73. The van der Waals surface area contributed by atoms with Crippen LogP contribution in [0.25, 0.3) is 10.9 Å². The third-order valence-electron chi connectivity index (χ3n) is 5.43. The van der Waals surface area contributed by atoms with Crippen LogP contribution < -0.4 is 5.56 Å². The Kier molecular flexibility index (Phi) is 3.85. The Bertz CT molecular complexity index is 827. The average Bonchev–Trinajstić information content (AvgIpc) is 2.56. The zero-order valence-electron chi connectivity index (χ0n) is 13.2. The molecule has 0 bridgehead atoms. The van der Waals surface area contributed by atoms with Crippen molar-refractivity contribution in [3.8, 4) is 0 Å². The summed E-state index contributed by atoms with van der Waals surface area (Å²) in [5.41, 5.74) is 0.814. The normalized spacial score (nSPS) is 24.1. The van der Waals surface area contributed by atoms with Crippen molar-refractivity contribution in [3.63, 3.8) is 0 Å². The van der Waals surface area contributed by atoms with E-state index in [0.29, 0.717) is 10.2 Å². The van der Waals surface area contributed by atoms with Crippen molar-refractivity contribution < 1.29 is 4.74 Å². The highest BCUT2D eigenvalue weighted by Crippen LogP contribution is 2.42. The van der Waals surface area contributed by atoms with Crippen molar-refractivity contribution in [1.82, 2.24) is 9.55 Å². The van der Waals surface area contributed by atoms with Gasteiger partial charge in [0.15, 0.2) is 4.77 Å². The maximum absolute atomic E-state index is 13.0. The number of rotatable bonds is 1. The molecule has 2 fully saturated rings. The van der Waals surface area contributed by atoms with Crippen molar-refractivity contribution in [1.29, 1.82) is 0 Å². The number of aromatic amines is 1. The third kappa shape index (κ3) is 2.66. The fourth-order valence-electron chi connectivity index (χ4n) is 4.27. The summed E-state index contributed by atoms with van der Waals surface area (Å²) in [6, 6.07) is 7.74. The van der Waals surface area contributed by atoms with Crippen molar-refractivity contribution >= 4 is 23.1 Å². The molecule has 122 valence electrons. The lowest BCUT2D eigenvalue weighted by atomic mass is 9.78. The molecule has 4 rings (SSSR count). The fraction of sp³-hybridized carbons (Fsp3) is 0.556. The van der Waals surface area contributed by atoms with Crippen LogP contribution in [0.4, 0.5) is 0 Å². The molecule has 1 spiro atoms. The van der Waals surface area contributed by atoms with Gasteiger partial charge in [0.1, 0.15) is 0 Å². The Hall–Kier alpha value is -1.46. The molecule has 1 aliphatic carbocycles. The monoisotopic (exact) mass is 330 g/mol. The topological polar surface area (TPSA) is 47.0 Å². The molecular formula is C18H22N2O2S. The summed E-state index contributed by atoms with van der Waals surface area (Å²) in [6.07, 6.45) is 7.75. The predicted molar refractivity (Wildman–Crippen MR) is 93.4 cm³/mol. The molecule has 5 heteroatoms. The Morgan fingerprint density at radius 2 is 2.00 bits per heavy atom. The van der Waals surface area contributed by atoms with Crippen LogP contribution >= 0.6 is 12.2 Å². The predicted octanol–water partition coefficient (Wildman–Crippen LogP) is 4.11. The van der Waals surface area contributed by atoms with Gasteiger partial charge in [-0.1, -0.05) is 31.4 Å². The van der Waals surface area contributed by atoms with E-state index in [1.807, 2.05) is 24.3 Å². The van der Waals surface area contributed by atoms with Crippen LogP contribution in [0.15, 0.2) is 29.1 Å². The van der Waals surface area contributed by atoms with Gasteiger partial charge in [-0.2, -0.15) is 0 Å². The van der Waals surface area contributed by atoms with E-state index in [-0.39, 0.29) is 17.2 Å². The Morgan fingerprint density at radius 3 is 2.83 bits per heavy atom. The number of fused-ring (bicyclic) bond motifs is 1. The van der Waals surface area contributed by atoms with E-state index in [4.69, 9.17) is 17.0 Å². The van der Waals surface area contributed by atoms with E-state index >= 15 is 0 Å². The van der Waals surface area contributed by atoms with Crippen molar-refractivity contribution in [3.05, 3.63) is 39.4 Å². The first-order valence-electron chi connectivity index (χ1n) is 8.56. The summed E-state index contributed by atoms with van der Waals surface area (Å²) >= 11 is 5.50. The summed E-state index contributed by atoms with van der Waals surface area (Å²) in [5.74, 6) is 0. The van der Waals surface area contributed by atoms with Crippen molar-refractivity contribution in [2.45, 2.75) is 56.6 Å². The number of nitrogens with one attached hydrogen (secondary N) is 1. The summed E-state index contributed by atoms with van der Waals surface area (Å²) in [7, 11) is 0. The van der Waals surface area contributed by atoms with E-state index in [9.17, 15) is 4.79 Å². The number of ether oxygens (including phenoxy) is 1. The first-order valence-corrected chi connectivity index (χ1v) is 8.97. The van der Waals surface area contributed by atoms with Crippen molar-refractivity contribution in [2.24, 2.45) is 0 Å². The van der Waals surface area contributed by atoms with Crippen LogP contribution in [-0.4, -0.2) is 21.8 Å². The molecule has 2 aliphatic rings. The maximum Gasteiger partial charge on any atom is 0.262 e. The van der Waals surface area contributed by atoms with Crippen LogP contribution in [0.1, 0.15) is 51.0 Å². The smallest absolute Gasteiger partial charge is 0.262 e. The minimum Gasteiger partial charge on any atom is -0.375 e. The Labute approximate surface area is 140 Å². The average molecular weight is 330 g/mol. The summed E-state index contributed by atoms with van der Waals surface area (Å²) in [4.78, 5) is 16.2. The van der Waals surface area contributed by atoms with Crippen LogP contribution in [-0.2, 0) is 4.74 Å². The molecule has 1 aromatic heterocycles. The van der Waals surface area contributed by atoms with Gasteiger partial charge in [-0.3, -0.25) is 9.36 Å². The fourth-order valence-corrected chi connectivity index (χ4v) is 4.62. The number of para-hydroxylation sites is 1. The van der Waals surface area contributed by atoms with E-state index in [1.54, 1.807) is 4.57 Å². The Balaban J connectivity index is 1.76. The van der Waals surface area contributed by atoms with Gasteiger partial charge < -0.3 is 9.72 Å². The largest absolute Gasteiger partial charge is 0.375 e. The number of benzene rings is 1. The van der Waals surface area contributed by atoms with Gasteiger partial charge in [-0.15, -0.1) is 0 Å². The maximum atomic E-state index is 13.0. The molecule has 0 radical (unpaired) electrons. The molecule has 1 saturated heterocycles. The van der Waals surface area contributed by atoms with Gasteiger partial charge in [-0.25, -0.2) is 0 Å².